The highest BCUT2D eigenvalue weighted by Gasteiger charge is 2.06. The highest BCUT2D eigenvalue weighted by molar-refractivity contribution is 9.10. The van der Waals surface area contributed by atoms with Crippen molar-refractivity contribution in [3.63, 3.8) is 0 Å². The number of hydrogen-bond acceptors (Lipinski definition) is 2. The van der Waals surface area contributed by atoms with Crippen molar-refractivity contribution in [2.75, 3.05) is 7.11 Å². The molecule has 106 valence electrons. The molecule has 0 unspecified atom stereocenters. The van der Waals surface area contributed by atoms with Gasteiger partial charge in [-0.05, 0) is 54.8 Å². The number of hydrogen-bond donors (Lipinski definition) is 0. The molecule has 0 saturated heterocycles. The highest BCUT2D eigenvalue weighted by Crippen LogP contribution is 2.27. The van der Waals surface area contributed by atoms with E-state index in [4.69, 9.17) is 9.47 Å². The molecule has 0 fully saturated rings. The summed E-state index contributed by atoms with van der Waals surface area (Å²) < 4.78 is 25.2. The standard InChI is InChI=1S/C16H16BrFO2/c1-10-6-13(7-11(2)16(10)17)20-9-12-4-5-15(19-3)14(18)8-12/h4-8H,9H2,1-3H3. The third kappa shape index (κ3) is 3.31. The van der Waals surface area contributed by atoms with Gasteiger partial charge in [0.05, 0.1) is 7.11 Å². The molecule has 0 heterocycles. The number of benzene rings is 2. The van der Waals surface area contributed by atoms with Crippen LogP contribution in [0.5, 0.6) is 11.5 Å². The molecule has 0 aliphatic carbocycles. The second-order valence-electron chi connectivity index (χ2n) is 4.63. The Hall–Kier alpha value is -1.55. The Kier molecular flexibility index (Phi) is 4.65. The van der Waals surface area contributed by atoms with E-state index in [2.05, 4.69) is 15.9 Å². The topological polar surface area (TPSA) is 18.5 Å². The van der Waals surface area contributed by atoms with Gasteiger partial charge in [-0.1, -0.05) is 22.0 Å². The molecule has 0 spiro atoms. The van der Waals surface area contributed by atoms with Gasteiger partial charge in [0, 0.05) is 4.47 Å². The molecule has 0 saturated carbocycles. The Balaban J connectivity index is 2.11. The minimum Gasteiger partial charge on any atom is -0.494 e. The number of aryl methyl sites for hydroxylation is 2. The summed E-state index contributed by atoms with van der Waals surface area (Å²) in [4.78, 5) is 0. The number of rotatable bonds is 4. The Morgan fingerprint density at radius 2 is 1.75 bits per heavy atom. The average Bonchev–Trinajstić information content (AvgIpc) is 2.42. The molecule has 2 aromatic rings. The second-order valence-corrected chi connectivity index (χ2v) is 5.42. The predicted molar refractivity (Wildman–Crippen MR) is 80.9 cm³/mol. The summed E-state index contributed by atoms with van der Waals surface area (Å²) in [6.45, 7) is 4.34. The van der Waals surface area contributed by atoms with Crippen molar-refractivity contribution < 1.29 is 13.9 Å². The highest BCUT2D eigenvalue weighted by atomic mass is 79.9. The summed E-state index contributed by atoms with van der Waals surface area (Å²) in [7, 11) is 1.45. The van der Waals surface area contributed by atoms with E-state index < -0.39 is 0 Å². The van der Waals surface area contributed by atoms with Gasteiger partial charge in [-0.15, -0.1) is 0 Å². The van der Waals surface area contributed by atoms with Gasteiger partial charge in [0.2, 0.25) is 0 Å². The predicted octanol–water partition coefficient (Wildman–Crippen LogP) is 4.79. The molecule has 0 aromatic heterocycles. The van der Waals surface area contributed by atoms with Crippen LogP contribution in [0.4, 0.5) is 4.39 Å². The Morgan fingerprint density at radius 1 is 1.10 bits per heavy atom. The molecule has 2 nitrogen and oxygen atoms in total. The Labute approximate surface area is 126 Å². The van der Waals surface area contributed by atoms with Gasteiger partial charge < -0.3 is 9.47 Å². The second kappa shape index (κ2) is 6.27. The lowest BCUT2D eigenvalue weighted by atomic mass is 10.1. The summed E-state index contributed by atoms with van der Waals surface area (Å²) in [6, 6.07) is 8.73. The maximum Gasteiger partial charge on any atom is 0.165 e. The molecule has 0 radical (unpaired) electrons. The summed E-state index contributed by atoms with van der Waals surface area (Å²) in [5.41, 5.74) is 2.99. The van der Waals surface area contributed by atoms with E-state index >= 15 is 0 Å². The summed E-state index contributed by atoms with van der Waals surface area (Å²) in [5.74, 6) is 0.639. The van der Waals surface area contributed by atoms with Crippen LogP contribution >= 0.6 is 15.9 Å². The van der Waals surface area contributed by atoms with Gasteiger partial charge in [-0.25, -0.2) is 4.39 Å². The van der Waals surface area contributed by atoms with Crippen LogP contribution in [0.3, 0.4) is 0 Å². The van der Waals surface area contributed by atoms with Crippen molar-refractivity contribution in [3.05, 3.63) is 57.3 Å². The molecule has 0 bridgehead atoms. The summed E-state index contributed by atoms with van der Waals surface area (Å²) in [5, 5.41) is 0. The molecule has 0 aliphatic rings. The zero-order valence-electron chi connectivity index (χ0n) is 11.7. The maximum atomic E-state index is 13.6. The number of ether oxygens (including phenoxy) is 2. The lowest BCUT2D eigenvalue weighted by molar-refractivity contribution is 0.304. The van der Waals surface area contributed by atoms with Gasteiger partial charge in [0.25, 0.3) is 0 Å². The Morgan fingerprint density at radius 3 is 2.30 bits per heavy atom. The lowest BCUT2D eigenvalue weighted by Gasteiger charge is -2.11. The van der Waals surface area contributed by atoms with Gasteiger partial charge in [0.1, 0.15) is 12.4 Å². The van der Waals surface area contributed by atoms with Gasteiger partial charge in [-0.3, -0.25) is 0 Å². The molecule has 2 aromatic carbocycles. The third-order valence-electron chi connectivity index (χ3n) is 3.03. The van der Waals surface area contributed by atoms with Crippen molar-refractivity contribution in [2.45, 2.75) is 20.5 Å². The van der Waals surface area contributed by atoms with Crippen molar-refractivity contribution in [1.29, 1.82) is 0 Å². The van der Waals surface area contributed by atoms with Crippen molar-refractivity contribution >= 4 is 15.9 Å². The first-order valence-electron chi connectivity index (χ1n) is 6.23. The molecule has 0 amide bonds. The largest absolute Gasteiger partial charge is 0.494 e. The molecule has 0 N–H and O–H groups in total. The first-order valence-corrected chi connectivity index (χ1v) is 7.02. The minimum absolute atomic E-state index is 0.240. The van der Waals surface area contributed by atoms with Crippen LogP contribution in [0.2, 0.25) is 0 Å². The van der Waals surface area contributed by atoms with E-state index in [0.29, 0.717) is 6.61 Å². The van der Waals surface area contributed by atoms with E-state index in [1.807, 2.05) is 26.0 Å². The van der Waals surface area contributed by atoms with Crippen LogP contribution in [0.25, 0.3) is 0 Å². The van der Waals surface area contributed by atoms with E-state index in [-0.39, 0.29) is 11.6 Å². The van der Waals surface area contributed by atoms with E-state index in [0.717, 1.165) is 26.9 Å². The van der Waals surface area contributed by atoms with Crippen molar-refractivity contribution in [1.82, 2.24) is 0 Å². The normalized spacial score (nSPS) is 10.4. The monoisotopic (exact) mass is 338 g/mol. The molecule has 0 aliphatic heterocycles. The van der Waals surface area contributed by atoms with E-state index in [1.165, 1.54) is 13.2 Å². The van der Waals surface area contributed by atoms with Gasteiger partial charge in [-0.2, -0.15) is 0 Å². The average molecular weight is 339 g/mol. The van der Waals surface area contributed by atoms with E-state index in [1.54, 1.807) is 12.1 Å². The minimum atomic E-state index is -0.378. The SMILES string of the molecule is COc1ccc(COc2cc(C)c(Br)c(C)c2)cc1F. The number of methoxy groups -OCH3 is 1. The van der Waals surface area contributed by atoms with Crippen LogP contribution < -0.4 is 9.47 Å². The van der Waals surface area contributed by atoms with E-state index in [9.17, 15) is 4.39 Å². The fraction of sp³-hybridized carbons (Fsp3) is 0.250. The fourth-order valence-corrected chi connectivity index (χ4v) is 2.18. The quantitative estimate of drug-likeness (QED) is 0.797. The number of halogens is 2. The zero-order valence-corrected chi connectivity index (χ0v) is 13.3. The zero-order chi connectivity index (χ0) is 14.7. The van der Waals surface area contributed by atoms with Gasteiger partial charge >= 0.3 is 0 Å². The molecule has 2 rings (SSSR count). The molecular formula is C16H16BrFO2. The first-order chi connectivity index (χ1) is 9.51. The van der Waals surface area contributed by atoms with Crippen LogP contribution in [-0.2, 0) is 6.61 Å². The van der Waals surface area contributed by atoms with Crippen molar-refractivity contribution in [3.8, 4) is 11.5 Å². The molecule has 20 heavy (non-hydrogen) atoms. The van der Waals surface area contributed by atoms with Crippen LogP contribution in [0, 0.1) is 19.7 Å². The van der Waals surface area contributed by atoms with Crippen LogP contribution in [0.15, 0.2) is 34.8 Å². The fourth-order valence-electron chi connectivity index (χ4n) is 1.96. The maximum absolute atomic E-state index is 13.6. The summed E-state index contributed by atoms with van der Waals surface area (Å²) >= 11 is 3.52. The third-order valence-corrected chi connectivity index (χ3v) is 4.28. The van der Waals surface area contributed by atoms with Gasteiger partial charge in [0.15, 0.2) is 11.6 Å². The smallest absolute Gasteiger partial charge is 0.165 e. The molecule has 4 heteroatoms. The molecule has 0 atom stereocenters. The van der Waals surface area contributed by atoms with Crippen molar-refractivity contribution in [2.24, 2.45) is 0 Å². The lowest BCUT2D eigenvalue weighted by Crippen LogP contribution is -1.98. The molecular weight excluding hydrogens is 323 g/mol. The van der Waals surface area contributed by atoms with Crippen LogP contribution in [-0.4, -0.2) is 7.11 Å². The summed E-state index contributed by atoms with van der Waals surface area (Å²) in [6.07, 6.45) is 0. The van der Waals surface area contributed by atoms with Crippen LogP contribution in [0.1, 0.15) is 16.7 Å². The Bertz CT molecular complexity index is 603. The first kappa shape index (κ1) is 14.9.